The highest BCUT2D eigenvalue weighted by Crippen LogP contribution is 2.47. The second-order valence-electron chi connectivity index (χ2n) is 5.82. The maximum atomic E-state index is 12.7. The van der Waals surface area contributed by atoms with Gasteiger partial charge in [0.15, 0.2) is 0 Å². The van der Waals surface area contributed by atoms with E-state index in [1.165, 1.54) is 5.56 Å². The minimum Gasteiger partial charge on any atom is -0.491 e. The number of ether oxygens (including phenoxy) is 1. The number of carbonyl (C=O) groups excluding carboxylic acids is 1. The Hall–Kier alpha value is -1.55. The first kappa shape index (κ1) is 11.3. The summed E-state index contributed by atoms with van der Waals surface area (Å²) in [7, 11) is 2.10. The maximum Gasteiger partial charge on any atom is 0.232 e. The van der Waals surface area contributed by atoms with Crippen molar-refractivity contribution in [2.75, 3.05) is 38.2 Å². The molecule has 0 aliphatic carbocycles. The molecule has 4 rings (SSSR count). The van der Waals surface area contributed by atoms with Crippen molar-refractivity contribution < 1.29 is 9.53 Å². The average molecular weight is 258 g/mol. The topological polar surface area (TPSA) is 32.8 Å². The van der Waals surface area contributed by atoms with Crippen molar-refractivity contribution in [1.29, 1.82) is 0 Å². The van der Waals surface area contributed by atoms with E-state index in [9.17, 15) is 4.79 Å². The van der Waals surface area contributed by atoms with Crippen molar-refractivity contribution in [1.82, 2.24) is 4.90 Å². The summed E-state index contributed by atoms with van der Waals surface area (Å²) in [5.74, 6) is 1.65. The van der Waals surface area contributed by atoms with E-state index in [1.807, 2.05) is 11.0 Å². The van der Waals surface area contributed by atoms with Crippen LogP contribution >= 0.6 is 0 Å². The van der Waals surface area contributed by atoms with E-state index in [2.05, 4.69) is 24.1 Å². The van der Waals surface area contributed by atoms with Gasteiger partial charge in [-0.2, -0.15) is 0 Å². The zero-order valence-corrected chi connectivity index (χ0v) is 11.1. The van der Waals surface area contributed by atoms with Crippen molar-refractivity contribution in [3.63, 3.8) is 0 Å². The summed E-state index contributed by atoms with van der Waals surface area (Å²) in [5, 5.41) is 0. The largest absolute Gasteiger partial charge is 0.491 e. The van der Waals surface area contributed by atoms with Crippen LogP contribution in [0.3, 0.4) is 0 Å². The molecule has 4 nitrogen and oxygen atoms in total. The third kappa shape index (κ3) is 1.53. The average Bonchev–Trinajstić information content (AvgIpc) is 2.67. The summed E-state index contributed by atoms with van der Waals surface area (Å²) >= 11 is 0. The van der Waals surface area contributed by atoms with Crippen LogP contribution in [0.5, 0.6) is 5.75 Å². The Balaban J connectivity index is 1.91. The summed E-state index contributed by atoms with van der Waals surface area (Å²) in [4.78, 5) is 17.0. The molecule has 3 aliphatic heterocycles. The molecule has 1 amide bonds. The number of hydrogen-bond donors (Lipinski definition) is 0. The van der Waals surface area contributed by atoms with Gasteiger partial charge in [0.05, 0.1) is 18.2 Å². The van der Waals surface area contributed by atoms with Gasteiger partial charge in [0, 0.05) is 25.6 Å². The molecule has 0 N–H and O–H groups in total. The number of rotatable bonds is 0. The SMILES string of the molecule is CN1C[C@@H]2C(=O)N3CCCOc4cccc(c43)[C@@H]2C1. The molecule has 0 bridgehead atoms. The first-order valence-electron chi connectivity index (χ1n) is 7.01. The molecular weight excluding hydrogens is 240 g/mol. The molecule has 0 unspecified atom stereocenters. The fraction of sp³-hybridized carbons (Fsp3) is 0.533. The van der Waals surface area contributed by atoms with Crippen LogP contribution in [0.2, 0.25) is 0 Å². The zero-order valence-electron chi connectivity index (χ0n) is 11.1. The maximum absolute atomic E-state index is 12.7. The zero-order chi connectivity index (χ0) is 13.0. The molecule has 0 aromatic heterocycles. The van der Waals surface area contributed by atoms with E-state index >= 15 is 0 Å². The van der Waals surface area contributed by atoms with Crippen LogP contribution in [0.25, 0.3) is 0 Å². The fourth-order valence-corrected chi connectivity index (χ4v) is 3.75. The lowest BCUT2D eigenvalue weighted by Gasteiger charge is -2.35. The van der Waals surface area contributed by atoms with Gasteiger partial charge in [-0.25, -0.2) is 0 Å². The Bertz CT molecular complexity index is 543. The van der Waals surface area contributed by atoms with Gasteiger partial charge in [0.2, 0.25) is 5.91 Å². The Morgan fingerprint density at radius 3 is 3.00 bits per heavy atom. The van der Waals surface area contributed by atoms with Gasteiger partial charge < -0.3 is 14.5 Å². The molecule has 3 heterocycles. The van der Waals surface area contributed by atoms with Crippen molar-refractivity contribution in [3.8, 4) is 5.75 Å². The van der Waals surface area contributed by atoms with Crippen LogP contribution in [0.15, 0.2) is 18.2 Å². The van der Waals surface area contributed by atoms with Crippen LogP contribution in [0.1, 0.15) is 17.9 Å². The highest BCUT2D eigenvalue weighted by molar-refractivity contribution is 6.01. The number of fused-ring (bicyclic) bond motifs is 2. The van der Waals surface area contributed by atoms with Crippen LogP contribution in [-0.4, -0.2) is 44.1 Å². The Morgan fingerprint density at radius 2 is 2.11 bits per heavy atom. The lowest BCUT2D eigenvalue weighted by molar-refractivity contribution is -0.122. The van der Waals surface area contributed by atoms with Crippen molar-refractivity contribution >= 4 is 11.6 Å². The van der Waals surface area contributed by atoms with E-state index in [0.717, 1.165) is 37.5 Å². The lowest BCUT2D eigenvalue weighted by Crippen LogP contribution is -2.43. The van der Waals surface area contributed by atoms with Gasteiger partial charge in [0.1, 0.15) is 5.75 Å². The van der Waals surface area contributed by atoms with E-state index in [1.54, 1.807) is 0 Å². The summed E-state index contributed by atoms with van der Waals surface area (Å²) in [6.07, 6.45) is 0.910. The number of likely N-dealkylation sites (N-methyl/N-ethyl adjacent to an activating group) is 1. The molecule has 1 saturated heterocycles. The molecule has 2 atom stereocenters. The number of para-hydroxylation sites is 1. The summed E-state index contributed by atoms with van der Waals surface area (Å²) in [6, 6.07) is 6.22. The molecule has 1 aromatic rings. The third-order valence-electron chi connectivity index (χ3n) is 4.57. The van der Waals surface area contributed by atoms with Crippen molar-refractivity contribution in [2.24, 2.45) is 5.92 Å². The fourth-order valence-electron chi connectivity index (χ4n) is 3.75. The Labute approximate surface area is 112 Å². The number of benzene rings is 1. The van der Waals surface area contributed by atoms with Crippen LogP contribution in [-0.2, 0) is 4.79 Å². The van der Waals surface area contributed by atoms with E-state index in [-0.39, 0.29) is 5.92 Å². The summed E-state index contributed by atoms with van der Waals surface area (Å²) in [5.41, 5.74) is 2.34. The molecule has 19 heavy (non-hydrogen) atoms. The van der Waals surface area contributed by atoms with Gasteiger partial charge in [-0.15, -0.1) is 0 Å². The highest BCUT2D eigenvalue weighted by Gasteiger charge is 2.46. The van der Waals surface area contributed by atoms with Gasteiger partial charge in [-0.05, 0) is 25.1 Å². The van der Waals surface area contributed by atoms with Gasteiger partial charge in [-0.1, -0.05) is 12.1 Å². The highest BCUT2D eigenvalue weighted by atomic mass is 16.5. The first-order valence-corrected chi connectivity index (χ1v) is 7.01. The number of anilines is 1. The number of hydrogen-bond acceptors (Lipinski definition) is 3. The number of likely N-dealkylation sites (tertiary alicyclic amines) is 1. The molecule has 1 aromatic carbocycles. The minimum atomic E-state index is 0.130. The van der Waals surface area contributed by atoms with Gasteiger partial charge in [0.25, 0.3) is 0 Å². The predicted molar refractivity (Wildman–Crippen MR) is 72.6 cm³/mol. The molecule has 0 spiro atoms. The molecule has 1 fully saturated rings. The monoisotopic (exact) mass is 258 g/mol. The van der Waals surface area contributed by atoms with Crippen LogP contribution in [0.4, 0.5) is 5.69 Å². The second kappa shape index (κ2) is 3.97. The Kier molecular flexibility index (Phi) is 2.36. The number of amides is 1. The second-order valence-corrected chi connectivity index (χ2v) is 5.82. The molecule has 4 heteroatoms. The quantitative estimate of drug-likeness (QED) is 0.706. The number of nitrogens with zero attached hydrogens (tertiary/aromatic N) is 2. The molecule has 0 saturated carbocycles. The van der Waals surface area contributed by atoms with Crippen molar-refractivity contribution in [2.45, 2.75) is 12.3 Å². The van der Waals surface area contributed by atoms with Crippen LogP contribution in [0, 0.1) is 5.92 Å². The predicted octanol–water partition coefficient (Wildman–Crippen LogP) is 1.46. The summed E-state index contributed by atoms with van der Waals surface area (Å²) in [6.45, 7) is 3.34. The first-order chi connectivity index (χ1) is 9.25. The normalized spacial score (nSPS) is 29.5. The molecule has 3 aliphatic rings. The molecule has 100 valence electrons. The molecular formula is C15H18N2O2. The minimum absolute atomic E-state index is 0.130. The Morgan fingerprint density at radius 1 is 1.26 bits per heavy atom. The van der Waals surface area contributed by atoms with E-state index in [4.69, 9.17) is 4.74 Å². The molecule has 0 radical (unpaired) electrons. The van der Waals surface area contributed by atoms with Gasteiger partial charge in [-0.3, -0.25) is 4.79 Å². The van der Waals surface area contributed by atoms with Crippen molar-refractivity contribution in [3.05, 3.63) is 23.8 Å². The smallest absolute Gasteiger partial charge is 0.232 e. The lowest BCUT2D eigenvalue weighted by atomic mass is 9.83. The standard InChI is InChI=1S/C15H18N2O2/c1-16-8-11-10-4-2-5-13-14(10)17(6-3-7-19-13)15(18)12(11)9-16/h2,4-5,11-12H,3,6-9H2,1H3/t11-,12-/m0/s1. The third-order valence-corrected chi connectivity index (χ3v) is 4.57. The van der Waals surface area contributed by atoms with E-state index in [0.29, 0.717) is 18.4 Å². The van der Waals surface area contributed by atoms with E-state index < -0.39 is 0 Å². The number of carbonyl (C=O) groups is 1. The van der Waals surface area contributed by atoms with Gasteiger partial charge >= 0.3 is 0 Å². The summed E-state index contributed by atoms with van der Waals surface area (Å²) < 4.78 is 5.81. The van der Waals surface area contributed by atoms with Crippen LogP contribution < -0.4 is 9.64 Å².